The summed E-state index contributed by atoms with van der Waals surface area (Å²) in [6.45, 7) is 2.09. The largest absolute Gasteiger partial charge is 0.327 e. The predicted molar refractivity (Wildman–Crippen MR) is 64.1 cm³/mol. The second-order valence-electron chi connectivity index (χ2n) is 4.25. The predicted octanol–water partition coefficient (Wildman–Crippen LogP) is 1.82. The van der Waals surface area contributed by atoms with E-state index in [2.05, 4.69) is 17.4 Å². The average molecular weight is 225 g/mol. The van der Waals surface area contributed by atoms with Gasteiger partial charge in [0.2, 0.25) is 0 Å². The average Bonchev–Trinajstić information content (AvgIpc) is 2.25. The van der Waals surface area contributed by atoms with Crippen LogP contribution in [0.5, 0.6) is 0 Å². The van der Waals surface area contributed by atoms with Crippen LogP contribution in [0.3, 0.4) is 0 Å². The van der Waals surface area contributed by atoms with Gasteiger partial charge in [-0.3, -0.25) is 0 Å². The van der Waals surface area contributed by atoms with Gasteiger partial charge in [0.1, 0.15) is 0 Å². The highest BCUT2D eigenvalue weighted by molar-refractivity contribution is 6.30. The molecule has 0 saturated carbocycles. The first-order valence-corrected chi connectivity index (χ1v) is 5.84. The van der Waals surface area contributed by atoms with Crippen LogP contribution in [0.25, 0.3) is 0 Å². The molecule has 3 N–H and O–H groups in total. The number of halogens is 1. The van der Waals surface area contributed by atoms with Crippen LogP contribution in [-0.4, -0.2) is 19.1 Å². The lowest BCUT2D eigenvalue weighted by Gasteiger charge is -2.29. The van der Waals surface area contributed by atoms with Crippen LogP contribution in [0.2, 0.25) is 5.02 Å². The quantitative estimate of drug-likeness (QED) is 0.805. The first-order valence-electron chi connectivity index (χ1n) is 5.46. The molecule has 3 heteroatoms. The molecule has 2 unspecified atom stereocenters. The van der Waals surface area contributed by atoms with E-state index in [1.54, 1.807) is 0 Å². The van der Waals surface area contributed by atoms with Gasteiger partial charge in [-0.1, -0.05) is 23.7 Å². The SMILES string of the molecule is NC1CCNCC1Cc1ccc(Cl)cc1. The molecule has 0 bridgehead atoms. The zero-order valence-corrected chi connectivity index (χ0v) is 9.50. The number of rotatable bonds is 2. The molecule has 1 heterocycles. The van der Waals surface area contributed by atoms with Gasteiger partial charge in [-0.25, -0.2) is 0 Å². The van der Waals surface area contributed by atoms with E-state index >= 15 is 0 Å². The van der Waals surface area contributed by atoms with Gasteiger partial charge in [0.05, 0.1) is 0 Å². The van der Waals surface area contributed by atoms with Gasteiger partial charge >= 0.3 is 0 Å². The minimum Gasteiger partial charge on any atom is -0.327 e. The monoisotopic (exact) mass is 224 g/mol. The molecule has 2 nitrogen and oxygen atoms in total. The van der Waals surface area contributed by atoms with E-state index < -0.39 is 0 Å². The van der Waals surface area contributed by atoms with E-state index in [-0.39, 0.29) is 0 Å². The molecule has 2 rings (SSSR count). The van der Waals surface area contributed by atoms with Gasteiger partial charge in [-0.15, -0.1) is 0 Å². The summed E-state index contributed by atoms with van der Waals surface area (Å²) in [5, 5.41) is 4.19. The molecular formula is C12H17ClN2. The topological polar surface area (TPSA) is 38.0 Å². The molecule has 82 valence electrons. The summed E-state index contributed by atoms with van der Waals surface area (Å²) < 4.78 is 0. The maximum Gasteiger partial charge on any atom is 0.0406 e. The Morgan fingerprint density at radius 2 is 2.07 bits per heavy atom. The van der Waals surface area contributed by atoms with Gasteiger partial charge in [0, 0.05) is 11.1 Å². The third kappa shape index (κ3) is 2.94. The summed E-state index contributed by atoms with van der Waals surface area (Å²) in [4.78, 5) is 0. The van der Waals surface area contributed by atoms with E-state index in [1.165, 1.54) is 5.56 Å². The van der Waals surface area contributed by atoms with Gasteiger partial charge in [-0.05, 0) is 49.5 Å². The van der Waals surface area contributed by atoms with Crippen molar-refractivity contribution in [3.63, 3.8) is 0 Å². The van der Waals surface area contributed by atoms with E-state index in [1.807, 2.05) is 12.1 Å². The molecule has 1 aromatic carbocycles. The molecule has 1 aromatic rings. The number of piperidine rings is 1. The smallest absolute Gasteiger partial charge is 0.0406 e. The van der Waals surface area contributed by atoms with Crippen LogP contribution >= 0.6 is 11.6 Å². The van der Waals surface area contributed by atoms with Crippen molar-refractivity contribution < 1.29 is 0 Å². The maximum atomic E-state index is 6.09. The zero-order chi connectivity index (χ0) is 10.7. The first-order chi connectivity index (χ1) is 7.25. The van der Waals surface area contributed by atoms with Gasteiger partial charge in [-0.2, -0.15) is 0 Å². The summed E-state index contributed by atoms with van der Waals surface area (Å²) in [5.74, 6) is 0.555. The Morgan fingerprint density at radius 1 is 1.33 bits per heavy atom. The van der Waals surface area contributed by atoms with Gasteiger partial charge < -0.3 is 11.1 Å². The first kappa shape index (κ1) is 10.9. The highest BCUT2D eigenvalue weighted by Crippen LogP contribution is 2.17. The molecule has 0 aromatic heterocycles. The third-order valence-electron chi connectivity index (χ3n) is 3.08. The van der Waals surface area contributed by atoms with Crippen molar-refractivity contribution >= 4 is 11.6 Å². The number of hydrogen-bond donors (Lipinski definition) is 2. The molecular weight excluding hydrogens is 208 g/mol. The van der Waals surface area contributed by atoms with Crippen LogP contribution in [0.4, 0.5) is 0 Å². The van der Waals surface area contributed by atoms with Crippen molar-refractivity contribution in [1.29, 1.82) is 0 Å². The van der Waals surface area contributed by atoms with Gasteiger partial charge in [0.25, 0.3) is 0 Å². The summed E-state index contributed by atoms with van der Waals surface area (Å²) in [6, 6.07) is 8.40. The fourth-order valence-electron chi connectivity index (χ4n) is 2.09. The normalized spacial score (nSPS) is 26.5. The molecule has 0 aliphatic carbocycles. The van der Waals surface area contributed by atoms with E-state index in [0.717, 1.165) is 31.0 Å². The van der Waals surface area contributed by atoms with Crippen molar-refractivity contribution in [3.05, 3.63) is 34.9 Å². The fourth-order valence-corrected chi connectivity index (χ4v) is 2.22. The number of benzene rings is 1. The molecule has 0 radical (unpaired) electrons. The highest BCUT2D eigenvalue weighted by atomic mass is 35.5. The molecule has 1 aliphatic rings. The summed E-state index contributed by atoms with van der Waals surface area (Å²) in [5.41, 5.74) is 7.41. The van der Waals surface area contributed by atoms with Crippen LogP contribution in [-0.2, 0) is 6.42 Å². The third-order valence-corrected chi connectivity index (χ3v) is 3.33. The lowest BCUT2D eigenvalue weighted by Crippen LogP contribution is -2.45. The summed E-state index contributed by atoms with van der Waals surface area (Å²) >= 11 is 5.85. The Morgan fingerprint density at radius 3 is 2.73 bits per heavy atom. The second-order valence-corrected chi connectivity index (χ2v) is 4.68. The standard InChI is InChI=1S/C12H17ClN2/c13-11-3-1-9(2-4-11)7-10-8-15-6-5-12(10)14/h1-4,10,12,15H,5-8,14H2. The maximum absolute atomic E-state index is 6.09. The van der Waals surface area contributed by atoms with Crippen LogP contribution in [0.15, 0.2) is 24.3 Å². The zero-order valence-electron chi connectivity index (χ0n) is 8.75. The van der Waals surface area contributed by atoms with E-state index in [9.17, 15) is 0 Å². The Balaban J connectivity index is 1.98. The van der Waals surface area contributed by atoms with E-state index in [0.29, 0.717) is 12.0 Å². The molecule has 1 saturated heterocycles. The molecule has 1 aliphatic heterocycles. The highest BCUT2D eigenvalue weighted by Gasteiger charge is 2.21. The molecule has 1 fully saturated rings. The van der Waals surface area contributed by atoms with Crippen LogP contribution in [0.1, 0.15) is 12.0 Å². The minimum absolute atomic E-state index is 0.335. The lowest BCUT2D eigenvalue weighted by atomic mass is 9.88. The molecule has 15 heavy (non-hydrogen) atoms. The number of nitrogens with one attached hydrogen (secondary N) is 1. The van der Waals surface area contributed by atoms with Crippen molar-refractivity contribution in [2.75, 3.05) is 13.1 Å². The Kier molecular flexibility index (Phi) is 3.62. The van der Waals surface area contributed by atoms with Gasteiger partial charge in [0.15, 0.2) is 0 Å². The molecule has 0 spiro atoms. The fraction of sp³-hybridized carbons (Fsp3) is 0.500. The van der Waals surface area contributed by atoms with E-state index in [4.69, 9.17) is 17.3 Å². The minimum atomic E-state index is 0.335. The Labute approximate surface area is 95.8 Å². The number of nitrogens with two attached hydrogens (primary N) is 1. The summed E-state index contributed by atoms with van der Waals surface area (Å²) in [7, 11) is 0. The van der Waals surface area contributed by atoms with Crippen molar-refractivity contribution in [2.45, 2.75) is 18.9 Å². The second kappa shape index (κ2) is 4.97. The molecule has 2 atom stereocenters. The Hall–Kier alpha value is -0.570. The lowest BCUT2D eigenvalue weighted by molar-refractivity contribution is 0.324. The van der Waals surface area contributed by atoms with Crippen molar-refractivity contribution in [3.8, 4) is 0 Å². The Bertz CT molecular complexity index is 310. The van der Waals surface area contributed by atoms with Crippen LogP contribution < -0.4 is 11.1 Å². The van der Waals surface area contributed by atoms with Crippen molar-refractivity contribution in [2.24, 2.45) is 11.7 Å². The number of hydrogen-bond acceptors (Lipinski definition) is 2. The summed E-state index contributed by atoms with van der Waals surface area (Å²) in [6.07, 6.45) is 2.13. The van der Waals surface area contributed by atoms with Crippen LogP contribution in [0, 0.1) is 5.92 Å². The molecule has 0 amide bonds. The van der Waals surface area contributed by atoms with Crippen molar-refractivity contribution in [1.82, 2.24) is 5.32 Å².